The number of likely N-dealkylation sites (N-methyl/N-ethyl adjacent to an activating group) is 1. The van der Waals surface area contributed by atoms with Gasteiger partial charge in [-0.2, -0.15) is 0 Å². The second kappa shape index (κ2) is 7.19. The van der Waals surface area contributed by atoms with Gasteiger partial charge < -0.3 is 16.0 Å². The van der Waals surface area contributed by atoms with Crippen LogP contribution in [0.4, 0.5) is 0 Å². The quantitative estimate of drug-likeness (QED) is 0.836. The van der Waals surface area contributed by atoms with Crippen molar-refractivity contribution in [3.63, 3.8) is 0 Å². The maximum atomic E-state index is 6.15. The van der Waals surface area contributed by atoms with Crippen LogP contribution in [0.3, 0.4) is 0 Å². The molecule has 0 aromatic heterocycles. The van der Waals surface area contributed by atoms with E-state index in [2.05, 4.69) is 10.2 Å². The van der Waals surface area contributed by atoms with Crippen LogP contribution < -0.4 is 11.1 Å². The Morgan fingerprint density at radius 2 is 2.06 bits per heavy atom. The van der Waals surface area contributed by atoms with Crippen LogP contribution in [0.5, 0.6) is 0 Å². The highest BCUT2D eigenvalue weighted by molar-refractivity contribution is 6.33. The van der Waals surface area contributed by atoms with Crippen molar-refractivity contribution in [3.8, 4) is 0 Å². The Hall–Kier alpha value is -0.320. The zero-order chi connectivity index (χ0) is 12.8. The summed E-state index contributed by atoms with van der Waals surface area (Å²) in [5, 5.41) is 4.75. The molecule has 1 atom stereocenters. The summed E-state index contributed by atoms with van der Waals surface area (Å²) in [6, 6.07) is 5.49. The molecule has 3 N–H and O–H groups in total. The average Bonchev–Trinajstić information content (AvgIpc) is 2.28. The van der Waals surface area contributed by atoms with Crippen LogP contribution in [-0.2, 0) is 0 Å². The van der Waals surface area contributed by atoms with Crippen molar-refractivity contribution in [1.82, 2.24) is 10.2 Å². The van der Waals surface area contributed by atoms with Gasteiger partial charge in [-0.3, -0.25) is 0 Å². The lowest BCUT2D eigenvalue weighted by atomic mass is 10.1. The van der Waals surface area contributed by atoms with E-state index in [0.29, 0.717) is 16.6 Å². The molecule has 0 fully saturated rings. The van der Waals surface area contributed by atoms with E-state index in [0.717, 1.165) is 18.7 Å². The Kier molecular flexibility index (Phi) is 6.23. The molecule has 1 unspecified atom stereocenters. The van der Waals surface area contributed by atoms with Crippen molar-refractivity contribution in [1.29, 1.82) is 0 Å². The van der Waals surface area contributed by atoms with Gasteiger partial charge in [0.05, 0.1) is 0 Å². The molecule has 0 aliphatic carbocycles. The zero-order valence-corrected chi connectivity index (χ0v) is 11.7. The van der Waals surface area contributed by atoms with Gasteiger partial charge in [-0.05, 0) is 37.9 Å². The molecule has 0 saturated heterocycles. The van der Waals surface area contributed by atoms with Crippen molar-refractivity contribution in [2.75, 3.05) is 33.7 Å². The second-order valence-electron chi connectivity index (χ2n) is 4.21. The molecule has 0 radical (unpaired) electrons. The molecule has 1 aromatic carbocycles. The van der Waals surface area contributed by atoms with Crippen LogP contribution in [0.2, 0.25) is 10.0 Å². The van der Waals surface area contributed by atoms with Gasteiger partial charge in [0.2, 0.25) is 0 Å². The second-order valence-corrected chi connectivity index (χ2v) is 5.06. The maximum Gasteiger partial charge on any atom is 0.0460 e. The molecule has 5 heteroatoms. The van der Waals surface area contributed by atoms with E-state index in [1.165, 1.54) is 0 Å². The van der Waals surface area contributed by atoms with Crippen molar-refractivity contribution in [3.05, 3.63) is 33.8 Å². The molecule has 1 aromatic rings. The van der Waals surface area contributed by atoms with Crippen LogP contribution in [0.1, 0.15) is 11.6 Å². The summed E-state index contributed by atoms with van der Waals surface area (Å²) < 4.78 is 0. The molecule has 0 amide bonds. The molecule has 0 heterocycles. The minimum absolute atomic E-state index is 0.0427. The van der Waals surface area contributed by atoms with Crippen LogP contribution >= 0.6 is 23.2 Å². The monoisotopic (exact) mass is 275 g/mol. The molecule has 0 aliphatic heterocycles. The number of nitrogens with two attached hydrogens (primary N) is 1. The van der Waals surface area contributed by atoms with Crippen molar-refractivity contribution in [2.45, 2.75) is 6.04 Å². The van der Waals surface area contributed by atoms with Gasteiger partial charge in [0.1, 0.15) is 0 Å². The van der Waals surface area contributed by atoms with E-state index < -0.39 is 0 Å². The van der Waals surface area contributed by atoms with Gasteiger partial charge in [-0.1, -0.05) is 23.2 Å². The molecule has 0 spiro atoms. The van der Waals surface area contributed by atoms with E-state index in [9.17, 15) is 0 Å². The summed E-state index contributed by atoms with van der Waals surface area (Å²) in [5.41, 5.74) is 6.72. The molecule has 1 rings (SSSR count). The molecule has 17 heavy (non-hydrogen) atoms. The first-order valence-corrected chi connectivity index (χ1v) is 6.33. The van der Waals surface area contributed by atoms with E-state index in [4.69, 9.17) is 28.9 Å². The van der Waals surface area contributed by atoms with Gasteiger partial charge in [-0.15, -0.1) is 0 Å². The van der Waals surface area contributed by atoms with E-state index in [1.807, 2.05) is 20.2 Å². The Balaban J connectivity index is 2.68. The summed E-state index contributed by atoms with van der Waals surface area (Å²) in [6.07, 6.45) is 0. The molecule has 3 nitrogen and oxygen atoms in total. The fourth-order valence-corrected chi connectivity index (χ4v) is 1.99. The standard InChI is InChI=1S/C12H19Cl2N3/c1-17(2)6-5-16-12(8-15)10-7-9(13)3-4-11(10)14/h3-4,7,12,16H,5-6,8,15H2,1-2H3. The average molecular weight is 276 g/mol. The predicted octanol–water partition coefficient (Wildman–Crippen LogP) is 2.14. The van der Waals surface area contributed by atoms with Gasteiger partial charge in [0.15, 0.2) is 0 Å². The van der Waals surface area contributed by atoms with Gasteiger partial charge >= 0.3 is 0 Å². The van der Waals surface area contributed by atoms with Gasteiger partial charge in [0, 0.05) is 35.7 Å². The van der Waals surface area contributed by atoms with Crippen molar-refractivity contribution in [2.24, 2.45) is 5.73 Å². The summed E-state index contributed by atoms with van der Waals surface area (Å²) in [5.74, 6) is 0. The highest BCUT2D eigenvalue weighted by atomic mass is 35.5. The van der Waals surface area contributed by atoms with E-state index in [1.54, 1.807) is 12.1 Å². The third-order valence-electron chi connectivity index (χ3n) is 2.52. The minimum atomic E-state index is 0.0427. The van der Waals surface area contributed by atoms with Crippen LogP contribution in [0.25, 0.3) is 0 Å². The first-order valence-electron chi connectivity index (χ1n) is 5.57. The minimum Gasteiger partial charge on any atom is -0.329 e. The summed E-state index contributed by atoms with van der Waals surface area (Å²) in [4.78, 5) is 2.11. The highest BCUT2D eigenvalue weighted by Gasteiger charge is 2.13. The largest absolute Gasteiger partial charge is 0.329 e. The number of nitrogens with one attached hydrogen (secondary N) is 1. The lowest BCUT2D eigenvalue weighted by Crippen LogP contribution is -2.33. The van der Waals surface area contributed by atoms with Gasteiger partial charge in [-0.25, -0.2) is 0 Å². The van der Waals surface area contributed by atoms with Crippen LogP contribution in [0.15, 0.2) is 18.2 Å². The molecular weight excluding hydrogens is 257 g/mol. The van der Waals surface area contributed by atoms with E-state index in [-0.39, 0.29) is 6.04 Å². The zero-order valence-electron chi connectivity index (χ0n) is 10.2. The van der Waals surface area contributed by atoms with Crippen molar-refractivity contribution < 1.29 is 0 Å². The number of nitrogens with zero attached hydrogens (tertiary/aromatic N) is 1. The topological polar surface area (TPSA) is 41.3 Å². The Bertz CT molecular complexity index is 356. The molecular formula is C12H19Cl2N3. The Labute approximate surface area is 113 Å². The number of hydrogen-bond donors (Lipinski definition) is 2. The normalized spacial score (nSPS) is 13.1. The maximum absolute atomic E-state index is 6.15. The predicted molar refractivity (Wildman–Crippen MR) is 74.8 cm³/mol. The molecule has 0 saturated carbocycles. The number of halogens is 2. The lowest BCUT2D eigenvalue weighted by molar-refractivity contribution is 0.385. The third-order valence-corrected chi connectivity index (χ3v) is 3.10. The number of benzene rings is 1. The third kappa shape index (κ3) is 4.82. The summed E-state index contributed by atoms with van der Waals surface area (Å²) in [6.45, 7) is 2.31. The fourth-order valence-electron chi connectivity index (χ4n) is 1.56. The first kappa shape index (κ1) is 14.7. The summed E-state index contributed by atoms with van der Waals surface area (Å²) >= 11 is 12.1. The Morgan fingerprint density at radius 1 is 1.35 bits per heavy atom. The lowest BCUT2D eigenvalue weighted by Gasteiger charge is -2.20. The molecule has 96 valence electrons. The number of rotatable bonds is 6. The summed E-state index contributed by atoms with van der Waals surface area (Å²) in [7, 11) is 4.07. The van der Waals surface area contributed by atoms with Crippen LogP contribution in [0, 0.1) is 0 Å². The Morgan fingerprint density at radius 3 is 2.65 bits per heavy atom. The molecule has 0 aliphatic rings. The SMILES string of the molecule is CN(C)CCNC(CN)c1cc(Cl)ccc1Cl. The molecule has 0 bridgehead atoms. The highest BCUT2D eigenvalue weighted by Crippen LogP contribution is 2.25. The van der Waals surface area contributed by atoms with E-state index >= 15 is 0 Å². The smallest absolute Gasteiger partial charge is 0.0460 e. The van der Waals surface area contributed by atoms with Crippen molar-refractivity contribution >= 4 is 23.2 Å². The van der Waals surface area contributed by atoms with Gasteiger partial charge in [0.25, 0.3) is 0 Å². The van der Waals surface area contributed by atoms with Crippen LogP contribution in [-0.4, -0.2) is 38.6 Å². The fraction of sp³-hybridized carbons (Fsp3) is 0.500. The first-order chi connectivity index (χ1) is 8.04. The number of hydrogen-bond acceptors (Lipinski definition) is 3.